The number of nitro benzene ring substituents is 1. The van der Waals surface area contributed by atoms with Gasteiger partial charge in [-0.15, -0.1) is 0 Å². The molecule has 0 saturated carbocycles. The van der Waals surface area contributed by atoms with Crippen LogP contribution in [-0.2, 0) is 4.79 Å². The van der Waals surface area contributed by atoms with E-state index in [1.54, 1.807) is 12.1 Å². The van der Waals surface area contributed by atoms with E-state index in [0.717, 1.165) is 6.08 Å². The molecule has 22 heavy (non-hydrogen) atoms. The van der Waals surface area contributed by atoms with Crippen LogP contribution in [-0.4, -0.2) is 16.0 Å². The van der Waals surface area contributed by atoms with E-state index < -0.39 is 10.8 Å². The van der Waals surface area contributed by atoms with Crippen molar-refractivity contribution in [3.63, 3.8) is 0 Å². The summed E-state index contributed by atoms with van der Waals surface area (Å²) < 4.78 is 0. The Bertz CT molecular complexity index is 711. The zero-order valence-corrected chi connectivity index (χ0v) is 12.0. The minimum Gasteiger partial charge on any atom is -0.281 e. The molecule has 0 aliphatic heterocycles. The molecule has 0 atom stereocenters. The van der Waals surface area contributed by atoms with Crippen LogP contribution in [0, 0.1) is 10.1 Å². The second-order valence-corrected chi connectivity index (χ2v) is 4.74. The van der Waals surface area contributed by atoms with Crippen molar-refractivity contribution in [1.82, 2.24) is 0 Å². The third-order valence-electron chi connectivity index (χ3n) is 2.80. The summed E-state index contributed by atoms with van der Waals surface area (Å²) in [4.78, 5) is 21.9. The summed E-state index contributed by atoms with van der Waals surface area (Å²) in [5.74, 6) is -0.652. The predicted molar refractivity (Wildman–Crippen MR) is 82.9 cm³/mol. The molecule has 1 amide bonds. The molecule has 0 bridgehead atoms. The van der Waals surface area contributed by atoms with E-state index >= 15 is 0 Å². The number of non-ortho nitro benzene ring substituents is 1. The Balaban J connectivity index is 2.07. The van der Waals surface area contributed by atoms with Crippen LogP contribution in [0.2, 0.25) is 5.02 Å². The molecule has 7 heteroatoms. The normalized spacial score (nSPS) is 10.6. The van der Waals surface area contributed by atoms with E-state index in [4.69, 9.17) is 11.6 Å². The van der Waals surface area contributed by atoms with Crippen molar-refractivity contribution in [2.45, 2.75) is 0 Å². The van der Waals surface area contributed by atoms with Crippen molar-refractivity contribution in [3.05, 3.63) is 75.3 Å². The predicted octanol–water partition coefficient (Wildman–Crippen LogP) is 3.68. The van der Waals surface area contributed by atoms with Crippen LogP contribution in [0.4, 0.5) is 11.4 Å². The van der Waals surface area contributed by atoms with Gasteiger partial charge in [-0.1, -0.05) is 11.6 Å². The number of hydrogen-bond donors (Lipinski definition) is 1. The van der Waals surface area contributed by atoms with Crippen LogP contribution in [0.5, 0.6) is 0 Å². The molecule has 2 aromatic carbocycles. The van der Waals surface area contributed by atoms with Gasteiger partial charge in [-0.25, -0.2) is 0 Å². The molecule has 2 rings (SSSR count). The first-order valence-corrected chi connectivity index (χ1v) is 6.56. The quantitative estimate of drug-likeness (QED) is 0.403. The highest BCUT2D eigenvalue weighted by Crippen LogP contribution is 2.17. The average molecular weight is 319 g/mol. The number of nitrogens with zero attached hydrogens (tertiary/aromatic N) is 2. The lowest BCUT2D eigenvalue weighted by Gasteiger charge is -2.12. The Morgan fingerprint density at radius 3 is 2.27 bits per heavy atom. The Hall–Kier alpha value is -2.70. The summed E-state index contributed by atoms with van der Waals surface area (Å²) in [5.41, 5.74) is 0.847. The molecule has 1 N–H and O–H groups in total. The molecule has 112 valence electrons. The Labute approximate surface area is 131 Å². The minimum absolute atomic E-state index is 0.0339. The largest absolute Gasteiger partial charge is 0.281 e. The molecule has 0 unspecified atom stereocenters. The topological polar surface area (TPSA) is 83.7 Å². The lowest BCUT2D eigenvalue weighted by atomic mass is 10.2. The van der Waals surface area contributed by atoms with Crippen molar-refractivity contribution in [2.24, 2.45) is 0 Å². The second kappa shape index (κ2) is 6.84. The molecular weight excluding hydrogens is 308 g/mol. The van der Waals surface area contributed by atoms with Gasteiger partial charge < -0.3 is 0 Å². The molecular formula is C15H11ClN2O4. The number of carbonyl (C=O) groups excluding carboxylic acids is 1. The van der Waals surface area contributed by atoms with Crippen molar-refractivity contribution in [2.75, 3.05) is 5.06 Å². The van der Waals surface area contributed by atoms with Gasteiger partial charge >= 0.3 is 0 Å². The standard InChI is InChI=1S/C15H11ClN2O4/c16-12-4-8-13(9-5-12)17(20)15(19)10-3-11-1-6-14(7-2-11)18(21)22/h1-10,20H. The van der Waals surface area contributed by atoms with Gasteiger partial charge in [0.15, 0.2) is 0 Å². The number of halogens is 1. The maximum atomic E-state index is 11.8. The van der Waals surface area contributed by atoms with Crippen molar-refractivity contribution < 1.29 is 14.9 Å². The molecule has 6 nitrogen and oxygen atoms in total. The minimum atomic E-state index is -0.652. The van der Waals surface area contributed by atoms with Gasteiger partial charge in [-0.3, -0.25) is 20.1 Å². The fraction of sp³-hybridized carbons (Fsp3) is 0. The van der Waals surface area contributed by atoms with Gasteiger partial charge in [0.05, 0.1) is 10.6 Å². The fourth-order valence-electron chi connectivity index (χ4n) is 1.65. The Morgan fingerprint density at radius 1 is 1.14 bits per heavy atom. The van der Waals surface area contributed by atoms with E-state index in [1.165, 1.54) is 42.5 Å². The number of carbonyl (C=O) groups is 1. The molecule has 0 saturated heterocycles. The second-order valence-electron chi connectivity index (χ2n) is 4.31. The van der Waals surface area contributed by atoms with Crippen LogP contribution in [0.15, 0.2) is 54.6 Å². The van der Waals surface area contributed by atoms with Crippen LogP contribution >= 0.6 is 11.6 Å². The smallest absolute Gasteiger partial charge is 0.274 e. The monoisotopic (exact) mass is 318 g/mol. The van der Waals surface area contributed by atoms with Crippen LogP contribution in [0.25, 0.3) is 6.08 Å². The Kier molecular flexibility index (Phi) is 4.88. The van der Waals surface area contributed by atoms with Crippen LogP contribution < -0.4 is 5.06 Å². The fourth-order valence-corrected chi connectivity index (χ4v) is 1.78. The number of nitro groups is 1. The number of amides is 1. The third kappa shape index (κ3) is 3.91. The number of benzene rings is 2. The lowest BCUT2D eigenvalue weighted by molar-refractivity contribution is -0.384. The summed E-state index contributed by atoms with van der Waals surface area (Å²) in [6.45, 7) is 0. The average Bonchev–Trinajstić information content (AvgIpc) is 2.53. The maximum Gasteiger partial charge on any atom is 0.274 e. The zero-order chi connectivity index (χ0) is 16.1. The van der Waals surface area contributed by atoms with Crippen molar-refractivity contribution in [1.29, 1.82) is 0 Å². The summed E-state index contributed by atoms with van der Waals surface area (Å²) in [7, 11) is 0. The molecule has 0 heterocycles. The first kappa shape index (κ1) is 15.7. The number of hydroxylamine groups is 1. The lowest BCUT2D eigenvalue weighted by Crippen LogP contribution is -2.24. The van der Waals surface area contributed by atoms with Gasteiger partial charge in [0.1, 0.15) is 0 Å². The molecule has 0 spiro atoms. The summed E-state index contributed by atoms with van der Waals surface area (Å²) in [5, 5.41) is 21.3. The maximum absolute atomic E-state index is 11.8. The van der Waals surface area contributed by atoms with E-state index in [-0.39, 0.29) is 11.4 Å². The third-order valence-corrected chi connectivity index (χ3v) is 3.05. The van der Waals surface area contributed by atoms with Crippen molar-refractivity contribution in [3.8, 4) is 0 Å². The molecule has 0 fully saturated rings. The molecule has 0 aliphatic carbocycles. The SMILES string of the molecule is O=C(C=Cc1ccc([N+](=O)[O-])cc1)N(O)c1ccc(Cl)cc1. The highest BCUT2D eigenvalue weighted by Gasteiger charge is 2.10. The number of rotatable bonds is 4. The molecule has 2 aromatic rings. The first-order chi connectivity index (χ1) is 10.5. The van der Waals surface area contributed by atoms with E-state index in [9.17, 15) is 20.1 Å². The van der Waals surface area contributed by atoms with Gasteiger partial charge in [0, 0.05) is 23.2 Å². The van der Waals surface area contributed by atoms with E-state index in [0.29, 0.717) is 15.6 Å². The number of anilines is 1. The van der Waals surface area contributed by atoms with Gasteiger partial charge in [0.2, 0.25) is 0 Å². The molecule has 0 aromatic heterocycles. The zero-order valence-electron chi connectivity index (χ0n) is 11.2. The molecule has 0 radical (unpaired) electrons. The molecule has 0 aliphatic rings. The highest BCUT2D eigenvalue weighted by atomic mass is 35.5. The highest BCUT2D eigenvalue weighted by molar-refractivity contribution is 6.30. The summed E-state index contributed by atoms with van der Waals surface area (Å²) >= 11 is 5.73. The summed E-state index contributed by atoms with van der Waals surface area (Å²) in [6.07, 6.45) is 2.61. The van der Waals surface area contributed by atoms with Gasteiger partial charge in [-0.05, 0) is 48.0 Å². The van der Waals surface area contributed by atoms with Gasteiger partial charge in [0.25, 0.3) is 11.6 Å². The summed E-state index contributed by atoms with van der Waals surface area (Å²) in [6, 6.07) is 11.8. The van der Waals surface area contributed by atoms with Crippen LogP contribution in [0.1, 0.15) is 5.56 Å². The van der Waals surface area contributed by atoms with Gasteiger partial charge in [-0.2, -0.15) is 5.06 Å². The van der Waals surface area contributed by atoms with E-state index in [1.807, 2.05) is 0 Å². The number of hydrogen-bond acceptors (Lipinski definition) is 4. The first-order valence-electron chi connectivity index (χ1n) is 6.18. The Morgan fingerprint density at radius 2 is 1.73 bits per heavy atom. The van der Waals surface area contributed by atoms with Crippen LogP contribution in [0.3, 0.4) is 0 Å². The van der Waals surface area contributed by atoms with E-state index in [2.05, 4.69) is 0 Å². The van der Waals surface area contributed by atoms with Crippen molar-refractivity contribution >= 4 is 35.0 Å².